The molecule has 126 valence electrons. The van der Waals surface area contributed by atoms with Gasteiger partial charge in [0.1, 0.15) is 11.9 Å². The van der Waals surface area contributed by atoms with Crippen molar-refractivity contribution < 1.29 is 9.53 Å². The van der Waals surface area contributed by atoms with E-state index in [-0.39, 0.29) is 12.0 Å². The number of hydrogen-bond acceptors (Lipinski definition) is 5. The lowest BCUT2D eigenvalue weighted by atomic mass is 10.2. The number of carbonyl (C=O) groups is 1. The van der Waals surface area contributed by atoms with E-state index in [1.54, 1.807) is 0 Å². The van der Waals surface area contributed by atoms with E-state index < -0.39 is 0 Å². The Morgan fingerprint density at radius 3 is 2.83 bits per heavy atom. The maximum absolute atomic E-state index is 12.5. The van der Waals surface area contributed by atoms with Crippen LogP contribution in [-0.4, -0.2) is 74.1 Å². The molecule has 2 fully saturated rings. The summed E-state index contributed by atoms with van der Waals surface area (Å²) < 4.78 is 5.86. The number of nitrogens with zero attached hydrogens (tertiary/aromatic N) is 4. The Hall–Kier alpha value is -1.66. The lowest BCUT2D eigenvalue weighted by molar-refractivity contribution is -0.140. The molecule has 2 aliphatic heterocycles. The number of likely N-dealkylation sites (tertiary alicyclic amines) is 1. The van der Waals surface area contributed by atoms with Gasteiger partial charge in [-0.25, -0.2) is 4.98 Å². The molecule has 6 heteroatoms. The Bertz CT molecular complexity index is 543. The summed E-state index contributed by atoms with van der Waals surface area (Å²) in [5.74, 6) is 1.12. The molecule has 0 radical (unpaired) electrons. The first kappa shape index (κ1) is 16.2. The third-order valence-corrected chi connectivity index (χ3v) is 4.52. The van der Waals surface area contributed by atoms with Gasteiger partial charge in [0.05, 0.1) is 25.4 Å². The van der Waals surface area contributed by atoms with Gasteiger partial charge in [-0.3, -0.25) is 9.69 Å². The van der Waals surface area contributed by atoms with E-state index in [0.717, 1.165) is 24.6 Å². The monoisotopic (exact) mass is 318 g/mol. The Labute approximate surface area is 138 Å². The average Bonchev–Trinajstić information content (AvgIpc) is 3.08. The van der Waals surface area contributed by atoms with E-state index in [0.29, 0.717) is 26.2 Å². The normalized spacial score (nSPS) is 22.3. The van der Waals surface area contributed by atoms with E-state index in [9.17, 15) is 4.79 Å². The van der Waals surface area contributed by atoms with Crippen LogP contribution in [0.2, 0.25) is 0 Å². The number of aromatic nitrogens is 1. The van der Waals surface area contributed by atoms with Gasteiger partial charge in [0.2, 0.25) is 5.91 Å². The van der Waals surface area contributed by atoms with E-state index in [1.807, 2.05) is 42.1 Å². The van der Waals surface area contributed by atoms with Crippen molar-refractivity contribution in [1.29, 1.82) is 0 Å². The van der Waals surface area contributed by atoms with E-state index in [4.69, 9.17) is 4.74 Å². The molecule has 2 aliphatic rings. The highest BCUT2D eigenvalue weighted by molar-refractivity contribution is 5.78. The van der Waals surface area contributed by atoms with Gasteiger partial charge in [-0.05, 0) is 38.1 Å². The number of morpholine rings is 1. The summed E-state index contributed by atoms with van der Waals surface area (Å²) in [6, 6.07) is 5.95. The highest BCUT2D eigenvalue weighted by Gasteiger charge is 2.27. The number of amides is 1. The largest absolute Gasteiger partial charge is 0.368 e. The SMILES string of the molecule is CN(C)c1cccc([C@@H]2CN(C(=O)CN3CCCC3)CCO2)n1. The third kappa shape index (κ3) is 4.00. The van der Waals surface area contributed by atoms with Crippen molar-refractivity contribution in [2.24, 2.45) is 0 Å². The molecule has 0 bridgehead atoms. The zero-order valence-corrected chi connectivity index (χ0v) is 14.1. The number of hydrogen-bond donors (Lipinski definition) is 0. The molecule has 2 saturated heterocycles. The van der Waals surface area contributed by atoms with Crippen molar-refractivity contribution in [3.8, 4) is 0 Å². The number of pyridine rings is 1. The number of rotatable bonds is 4. The fourth-order valence-corrected chi connectivity index (χ4v) is 3.15. The van der Waals surface area contributed by atoms with Crippen molar-refractivity contribution in [3.63, 3.8) is 0 Å². The van der Waals surface area contributed by atoms with Crippen molar-refractivity contribution in [3.05, 3.63) is 23.9 Å². The minimum Gasteiger partial charge on any atom is -0.368 e. The van der Waals surface area contributed by atoms with Crippen LogP contribution in [0.5, 0.6) is 0 Å². The van der Waals surface area contributed by atoms with Crippen molar-refractivity contribution in [1.82, 2.24) is 14.8 Å². The molecule has 6 nitrogen and oxygen atoms in total. The quantitative estimate of drug-likeness (QED) is 0.833. The summed E-state index contributed by atoms with van der Waals surface area (Å²) in [5.41, 5.74) is 0.898. The highest BCUT2D eigenvalue weighted by atomic mass is 16.5. The first-order chi connectivity index (χ1) is 11.1. The molecule has 0 N–H and O–H groups in total. The van der Waals surface area contributed by atoms with Crippen LogP contribution in [0.3, 0.4) is 0 Å². The standard InChI is InChI=1S/C17H26N4O2/c1-19(2)16-7-5-6-14(18-16)15-12-21(10-11-23-15)17(22)13-20-8-3-4-9-20/h5-7,15H,3-4,8-13H2,1-2H3/t15-/m0/s1. The summed E-state index contributed by atoms with van der Waals surface area (Å²) >= 11 is 0. The minimum atomic E-state index is -0.133. The second kappa shape index (κ2) is 7.27. The van der Waals surface area contributed by atoms with Crippen LogP contribution in [0.1, 0.15) is 24.6 Å². The van der Waals surface area contributed by atoms with Crippen LogP contribution in [0, 0.1) is 0 Å². The maximum Gasteiger partial charge on any atom is 0.236 e. The molecule has 0 spiro atoms. The van der Waals surface area contributed by atoms with Gasteiger partial charge < -0.3 is 14.5 Å². The summed E-state index contributed by atoms with van der Waals surface area (Å²) in [4.78, 5) is 23.3. The molecule has 1 amide bonds. The fraction of sp³-hybridized carbons (Fsp3) is 0.647. The van der Waals surface area contributed by atoms with Crippen molar-refractivity contribution in [2.75, 3.05) is 58.3 Å². The highest BCUT2D eigenvalue weighted by Crippen LogP contribution is 2.22. The first-order valence-electron chi connectivity index (χ1n) is 8.39. The van der Waals surface area contributed by atoms with Crippen LogP contribution in [0.25, 0.3) is 0 Å². The number of anilines is 1. The third-order valence-electron chi connectivity index (χ3n) is 4.52. The van der Waals surface area contributed by atoms with Crippen LogP contribution >= 0.6 is 0 Å². The van der Waals surface area contributed by atoms with Crippen LogP contribution < -0.4 is 4.90 Å². The zero-order chi connectivity index (χ0) is 16.2. The Kier molecular flexibility index (Phi) is 5.13. The first-order valence-corrected chi connectivity index (χ1v) is 8.39. The zero-order valence-electron chi connectivity index (χ0n) is 14.1. The van der Waals surface area contributed by atoms with Gasteiger partial charge in [-0.15, -0.1) is 0 Å². The molecule has 3 heterocycles. The summed E-state index contributed by atoms with van der Waals surface area (Å²) in [5, 5.41) is 0. The lowest BCUT2D eigenvalue weighted by Crippen LogP contribution is -2.46. The molecule has 0 aliphatic carbocycles. The molecule has 0 unspecified atom stereocenters. The number of carbonyl (C=O) groups excluding carboxylic acids is 1. The van der Waals surface area contributed by atoms with Gasteiger partial charge in [-0.1, -0.05) is 6.07 Å². The van der Waals surface area contributed by atoms with Crippen molar-refractivity contribution in [2.45, 2.75) is 18.9 Å². The van der Waals surface area contributed by atoms with Crippen molar-refractivity contribution >= 4 is 11.7 Å². The summed E-state index contributed by atoms with van der Waals surface area (Å²) in [6.07, 6.45) is 2.28. The molecule has 0 aromatic carbocycles. The Morgan fingerprint density at radius 2 is 2.09 bits per heavy atom. The fourth-order valence-electron chi connectivity index (χ4n) is 3.15. The summed E-state index contributed by atoms with van der Waals surface area (Å²) in [6.45, 7) is 4.48. The smallest absolute Gasteiger partial charge is 0.236 e. The summed E-state index contributed by atoms with van der Waals surface area (Å²) in [7, 11) is 3.94. The molecule has 3 rings (SSSR count). The topological polar surface area (TPSA) is 48.9 Å². The Balaban J connectivity index is 1.63. The van der Waals surface area contributed by atoms with Gasteiger partial charge in [0.25, 0.3) is 0 Å². The predicted octanol–water partition coefficient (Wildman–Crippen LogP) is 1.14. The predicted molar refractivity (Wildman–Crippen MR) is 89.5 cm³/mol. The average molecular weight is 318 g/mol. The van der Waals surface area contributed by atoms with E-state index >= 15 is 0 Å². The molecule has 1 aromatic heterocycles. The van der Waals surface area contributed by atoms with E-state index in [2.05, 4.69) is 9.88 Å². The maximum atomic E-state index is 12.5. The molecule has 23 heavy (non-hydrogen) atoms. The lowest BCUT2D eigenvalue weighted by Gasteiger charge is -2.33. The minimum absolute atomic E-state index is 0.133. The van der Waals surface area contributed by atoms with Crippen LogP contribution in [0.15, 0.2) is 18.2 Å². The van der Waals surface area contributed by atoms with Crippen LogP contribution in [-0.2, 0) is 9.53 Å². The molecule has 1 aromatic rings. The Morgan fingerprint density at radius 1 is 1.30 bits per heavy atom. The molecular weight excluding hydrogens is 292 g/mol. The second-order valence-corrected chi connectivity index (χ2v) is 6.50. The second-order valence-electron chi connectivity index (χ2n) is 6.50. The van der Waals surface area contributed by atoms with Gasteiger partial charge in [0, 0.05) is 20.6 Å². The van der Waals surface area contributed by atoms with Crippen LogP contribution in [0.4, 0.5) is 5.82 Å². The van der Waals surface area contributed by atoms with Gasteiger partial charge >= 0.3 is 0 Å². The number of ether oxygens (including phenoxy) is 1. The van der Waals surface area contributed by atoms with Gasteiger partial charge in [-0.2, -0.15) is 0 Å². The molecular formula is C17H26N4O2. The molecule has 1 atom stereocenters. The molecule has 0 saturated carbocycles. The van der Waals surface area contributed by atoms with E-state index in [1.165, 1.54) is 12.8 Å². The van der Waals surface area contributed by atoms with Gasteiger partial charge in [0.15, 0.2) is 0 Å².